The van der Waals surface area contributed by atoms with Crippen molar-refractivity contribution in [1.29, 1.82) is 0 Å². The second-order valence-electron chi connectivity index (χ2n) is 7.17. The zero-order valence-corrected chi connectivity index (χ0v) is 17.0. The summed E-state index contributed by atoms with van der Waals surface area (Å²) in [5.41, 5.74) is 4.04. The van der Waals surface area contributed by atoms with Crippen molar-refractivity contribution >= 4 is 34.8 Å². The number of halogens is 1. The smallest absolute Gasteiger partial charge is 0.255 e. The van der Waals surface area contributed by atoms with E-state index < -0.39 is 0 Å². The van der Waals surface area contributed by atoms with Crippen LogP contribution in [0.1, 0.15) is 34.3 Å². The molecule has 0 saturated carbocycles. The summed E-state index contributed by atoms with van der Waals surface area (Å²) < 4.78 is 5.77. The summed E-state index contributed by atoms with van der Waals surface area (Å²) in [7, 11) is 0. The van der Waals surface area contributed by atoms with Crippen LogP contribution in [0.3, 0.4) is 0 Å². The lowest BCUT2D eigenvalue weighted by Gasteiger charge is -2.11. The second-order valence-corrected chi connectivity index (χ2v) is 7.60. The summed E-state index contributed by atoms with van der Waals surface area (Å²) >= 11 is 5.89. The average Bonchev–Trinajstić information content (AvgIpc) is 2.94. The SMILES string of the molecule is O=C1CCCc2cc(C(=O)Nc3ccc(OCc4ccc(Cl)cc4)cc3)ccc2N1. The van der Waals surface area contributed by atoms with Gasteiger partial charge in [-0.1, -0.05) is 23.7 Å². The Morgan fingerprint density at radius 1 is 1.00 bits per heavy atom. The summed E-state index contributed by atoms with van der Waals surface area (Å²) in [5.74, 6) is 0.538. The lowest BCUT2D eigenvalue weighted by atomic mass is 10.0. The van der Waals surface area contributed by atoms with E-state index in [4.69, 9.17) is 16.3 Å². The molecule has 1 aliphatic rings. The average molecular weight is 421 g/mol. The molecule has 152 valence electrons. The number of amides is 2. The van der Waals surface area contributed by atoms with Crippen molar-refractivity contribution in [3.05, 3.63) is 88.4 Å². The number of benzene rings is 3. The first kappa shape index (κ1) is 20.0. The molecule has 0 atom stereocenters. The van der Waals surface area contributed by atoms with Gasteiger partial charge < -0.3 is 15.4 Å². The molecule has 0 radical (unpaired) electrons. The first-order valence-electron chi connectivity index (χ1n) is 9.78. The fraction of sp³-hybridized carbons (Fsp3) is 0.167. The first-order chi connectivity index (χ1) is 14.6. The van der Waals surface area contributed by atoms with Gasteiger partial charge in [0.2, 0.25) is 5.91 Å². The molecule has 2 amide bonds. The van der Waals surface area contributed by atoms with E-state index in [1.54, 1.807) is 24.3 Å². The maximum Gasteiger partial charge on any atom is 0.255 e. The molecular weight excluding hydrogens is 400 g/mol. The van der Waals surface area contributed by atoms with Crippen LogP contribution in [0.2, 0.25) is 5.02 Å². The summed E-state index contributed by atoms with van der Waals surface area (Å²) in [6, 6.07) is 20.1. The van der Waals surface area contributed by atoms with Crippen LogP contribution in [0.15, 0.2) is 66.7 Å². The minimum atomic E-state index is -0.191. The van der Waals surface area contributed by atoms with Crippen LogP contribution in [0.25, 0.3) is 0 Å². The molecule has 3 aromatic rings. The van der Waals surface area contributed by atoms with Gasteiger partial charge in [-0.05, 0) is 78.6 Å². The van der Waals surface area contributed by atoms with E-state index in [1.807, 2.05) is 42.5 Å². The molecule has 0 unspecified atom stereocenters. The number of aryl methyl sites for hydroxylation is 1. The highest BCUT2D eigenvalue weighted by Gasteiger charge is 2.15. The van der Waals surface area contributed by atoms with Gasteiger partial charge in [0.05, 0.1) is 0 Å². The fourth-order valence-corrected chi connectivity index (χ4v) is 3.43. The number of ether oxygens (including phenoxy) is 1. The summed E-state index contributed by atoms with van der Waals surface area (Å²) in [4.78, 5) is 24.3. The van der Waals surface area contributed by atoms with Crippen LogP contribution in [-0.4, -0.2) is 11.8 Å². The Morgan fingerprint density at radius 3 is 2.53 bits per heavy atom. The third-order valence-electron chi connectivity index (χ3n) is 4.92. The fourth-order valence-electron chi connectivity index (χ4n) is 3.30. The highest BCUT2D eigenvalue weighted by Crippen LogP contribution is 2.24. The van der Waals surface area contributed by atoms with Crippen LogP contribution < -0.4 is 15.4 Å². The Labute approximate surface area is 180 Å². The molecule has 5 nitrogen and oxygen atoms in total. The van der Waals surface area contributed by atoms with Crippen molar-refractivity contribution in [1.82, 2.24) is 0 Å². The number of carbonyl (C=O) groups is 2. The maximum atomic E-state index is 12.6. The van der Waals surface area contributed by atoms with Crippen molar-refractivity contribution in [3.8, 4) is 5.75 Å². The molecule has 0 fully saturated rings. The van der Waals surface area contributed by atoms with Gasteiger partial charge in [-0.2, -0.15) is 0 Å². The lowest BCUT2D eigenvalue weighted by Crippen LogP contribution is -2.13. The Morgan fingerprint density at radius 2 is 1.77 bits per heavy atom. The van der Waals surface area contributed by atoms with Gasteiger partial charge in [0, 0.05) is 28.4 Å². The van der Waals surface area contributed by atoms with Gasteiger partial charge in [0.15, 0.2) is 0 Å². The molecule has 6 heteroatoms. The second kappa shape index (κ2) is 9.01. The van der Waals surface area contributed by atoms with Crippen LogP contribution >= 0.6 is 11.6 Å². The number of carbonyl (C=O) groups excluding carboxylic acids is 2. The maximum absolute atomic E-state index is 12.6. The zero-order valence-electron chi connectivity index (χ0n) is 16.3. The van der Waals surface area contributed by atoms with Crippen molar-refractivity contribution < 1.29 is 14.3 Å². The first-order valence-corrected chi connectivity index (χ1v) is 10.2. The van der Waals surface area contributed by atoms with E-state index >= 15 is 0 Å². The van der Waals surface area contributed by atoms with Gasteiger partial charge in [-0.3, -0.25) is 9.59 Å². The molecule has 0 aromatic heterocycles. The number of hydrogen-bond acceptors (Lipinski definition) is 3. The van der Waals surface area contributed by atoms with Crippen molar-refractivity contribution in [3.63, 3.8) is 0 Å². The number of nitrogens with one attached hydrogen (secondary N) is 2. The topological polar surface area (TPSA) is 67.4 Å². The minimum Gasteiger partial charge on any atom is -0.489 e. The molecule has 0 bridgehead atoms. The largest absolute Gasteiger partial charge is 0.489 e. The Hall–Kier alpha value is -3.31. The molecular formula is C24H21ClN2O3. The Kier molecular flexibility index (Phi) is 6.00. The van der Waals surface area contributed by atoms with E-state index in [-0.39, 0.29) is 11.8 Å². The molecule has 0 spiro atoms. The van der Waals surface area contributed by atoms with Crippen molar-refractivity contribution in [2.45, 2.75) is 25.9 Å². The van der Waals surface area contributed by atoms with Crippen molar-refractivity contribution in [2.75, 3.05) is 10.6 Å². The predicted octanol–water partition coefficient (Wildman–Crippen LogP) is 5.45. The standard InChI is InChI=1S/C24H21ClN2O3/c25-19-7-4-16(5-8-19)15-30-21-11-9-20(10-12-21)26-24(29)18-6-13-22-17(14-18)2-1-3-23(28)27-22/h4-14H,1-3,15H2,(H,26,29)(H,27,28). The monoisotopic (exact) mass is 420 g/mol. The quantitative estimate of drug-likeness (QED) is 0.577. The predicted molar refractivity (Wildman–Crippen MR) is 118 cm³/mol. The highest BCUT2D eigenvalue weighted by molar-refractivity contribution is 6.30. The van der Waals surface area contributed by atoms with Crippen molar-refractivity contribution in [2.24, 2.45) is 0 Å². The molecule has 2 N–H and O–H groups in total. The van der Waals surface area contributed by atoms with E-state index in [1.165, 1.54) is 0 Å². The zero-order chi connectivity index (χ0) is 20.9. The molecule has 1 heterocycles. The molecule has 30 heavy (non-hydrogen) atoms. The molecule has 3 aromatic carbocycles. The van der Waals surface area contributed by atoms with Crippen LogP contribution in [-0.2, 0) is 17.8 Å². The van der Waals surface area contributed by atoms with Gasteiger partial charge in [-0.15, -0.1) is 0 Å². The van der Waals surface area contributed by atoms with E-state index in [0.29, 0.717) is 35.1 Å². The number of anilines is 2. The summed E-state index contributed by atoms with van der Waals surface area (Å²) in [6.07, 6.45) is 2.05. The van der Waals surface area contributed by atoms with E-state index in [0.717, 1.165) is 29.7 Å². The van der Waals surface area contributed by atoms with Crippen LogP contribution in [0, 0.1) is 0 Å². The molecule has 1 aliphatic heterocycles. The van der Waals surface area contributed by atoms with Gasteiger partial charge in [0.1, 0.15) is 12.4 Å². The number of fused-ring (bicyclic) bond motifs is 1. The lowest BCUT2D eigenvalue weighted by molar-refractivity contribution is -0.116. The minimum absolute atomic E-state index is 0.0179. The third kappa shape index (κ3) is 4.99. The highest BCUT2D eigenvalue weighted by atomic mass is 35.5. The normalized spacial score (nSPS) is 13.0. The van der Waals surface area contributed by atoms with E-state index in [2.05, 4.69) is 10.6 Å². The van der Waals surface area contributed by atoms with Crippen LogP contribution in [0.4, 0.5) is 11.4 Å². The molecule has 0 saturated heterocycles. The summed E-state index contributed by atoms with van der Waals surface area (Å²) in [6.45, 7) is 0.439. The Bertz CT molecular complexity index is 1060. The Balaban J connectivity index is 1.37. The van der Waals surface area contributed by atoms with Crippen LogP contribution in [0.5, 0.6) is 5.75 Å². The van der Waals surface area contributed by atoms with Gasteiger partial charge in [-0.25, -0.2) is 0 Å². The van der Waals surface area contributed by atoms with Gasteiger partial charge >= 0.3 is 0 Å². The number of hydrogen-bond donors (Lipinski definition) is 2. The number of rotatable bonds is 5. The summed E-state index contributed by atoms with van der Waals surface area (Å²) in [5, 5.41) is 6.47. The molecule has 4 rings (SSSR count). The van der Waals surface area contributed by atoms with E-state index in [9.17, 15) is 9.59 Å². The van der Waals surface area contributed by atoms with Gasteiger partial charge in [0.25, 0.3) is 5.91 Å². The third-order valence-corrected chi connectivity index (χ3v) is 5.17. The molecule has 0 aliphatic carbocycles.